The topological polar surface area (TPSA) is 48.0 Å². The van der Waals surface area contributed by atoms with Crippen molar-refractivity contribution in [1.82, 2.24) is 0 Å². The van der Waals surface area contributed by atoms with E-state index in [0.29, 0.717) is 6.42 Å². The lowest BCUT2D eigenvalue weighted by atomic mass is 9.97. The molecule has 0 N–H and O–H groups in total. The molecule has 5 heteroatoms. The number of carbonyl (C=O) groups is 1. The number of rotatable bonds is 2. The molecule has 0 fully saturated rings. The highest BCUT2D eigenvalue weighted by atomic mass is 16.7. The molecule has 0 saturated carbocycles. The highest BCUT2D eigenvalue weighted by Crippen LogP contribution is 2.35. The summed E-state index contributed by atoms with van der Waals surface area (Å²) in [5.41, 5.74) is 4.11. The fraction of sp³-hybridized carbons (Fsp3) is 0.250. The van der Waals surface area contributed by atoms with Crippen LogP contribution in [0.3, 0.4) is 0 Å². The van der Waals surface area contributed by atoms with Gasteiger partial charge < -0.3 is 14.2 Å². The Bertz CT molecular complexity index is 859. The van der Waals surface area contributed by atoms with Crippen molar-refractivity contribution < 1.29 is 19.0 Å². The lowest BCUT2D eigenvalue weighted by Crippen LogP contribution is -2.42. The van der Waals surface area contributed by atoms with E-state index in [1.165, 1.54) is 7.11 Å². The van der Waals surface area contributed by atoms with Crippen molar-refractivity contribution in [3.63, 3.8) is 0 Å². The van der Waals surface area contributed by atoms with Crippen LogP contribution in [-0.4, -0.2) is 26.0 Å². The number of methoxy groups -OCH3 is 1. The third-order valence-electron chi connectivity index (χ3n) is 4.53. The number of anilines is 1. The quantitative estimate of drug-likeness (QED) is 0.833. The Morgan fingerprint density at radius 2 is 2.04 bits per heavy atom. The van der Waals surface area contributed by atoms with Gasteiger partial charge in [0, 0.05) is 0 Å². The summed E-state index contributed by atoms with van der Waals surface area (Å²) in [7, 11) is 1.41. The van der Waals surface area contributed by atoms with Crippen molar-refractivity contribution in [2.24, 2.45) is 0 Å². The van der Waals surface area contributed by atoms with Crippen LogP contribution in [0.25, 0.3) is 6.08 Å². The standard InChI is InChI=1S/C20H19NO4/c1-13-3-7-17-15(9-13)5-6-16(21(17)20(22)23-2)10-14-4-8-18-19(11-14)25-12-24-18/h3-9,11,16H,10,12H2,1-2H3. The second kappa shape index (κ2) is 6.16. The molecule has 1 unspecified atom stereocenters. The first-order valence-electron chi connectivity index (χ1n) is 8.20. The molecule has 1 amide bonds. The largest absolute Gasteiger partial charge is 0.454 e. The molecule has 128 valence electrons. The van der Waals surface area contributed by atoms with E-state index in [1.54, 1.807) is 4.90 Å². The minimum absolute atomic E-state index is 0.122. The van der Waals surface area contributed by atoms with Gasteiger partial charge in [0.05, 0.1) is 18.8 Å². The number of amides is 1. The van der Waals surface area contributed by atoms with Crippen LogP contribution >= 0.6 is 0 Å². The first kappa shape index (κ1) is 15.6. The van der Waals surface area contributed by atoms with Crippen LogP contribution in [0.1, 0.15) is 16.7 Å². The average molecular weight is 337 g/mol. The van der Waals surface area contributed by atoms with Crippen LogP contribution in [0.2, 0.25) is 0 Å². The summed E-state index contributed by atoms with van der Waals surface area (Å²) >= 11 is 0. The molecule has 0 aromatic heterocycles. The number of benzene rings is 2. The third-order valence-corrected chi connectivity index (χ3v) is 4.53. The van der Waals surface area contributed by atoms with E-state index in [0.717, 1.165) is 33.9 Å². The molecule has 0 aliphatic carbocycles. The smallest absolute Gasteiger partial charge is 0.414 e. The number of carbonyl (C=O) groups excluding carboxylic acids is 1. The van der Waals surface area contributed by atoms with Gasteiger partial charge >= 0.3 is 6.09 Å². The lowest BCUT2D eigenvalue weighted by molar-refractivity contribution is 0.174. The van der Waals surface area contributed by atoms with Crippen molar-refractivity contribution in [3.8, 4) is 11.5 Å². The molecule has 0 saturated heterocycles. The second-order valence-electron chi connectivity index (χ2n) is 6.22. The highest BCUT2D eigenvalue weighted by Gasteiger charge is 2.29. The van der Waals surface area contributed by atoms with Gasteiger partial charge in [0.1, 0.15) is 0 Å². The molecule has 2 aliphatic heterocycles. The number of ether oxygens (including phenoxy) is 3. The van der Waals surface area contributed by atoms with Gasteiger partial charge in [-0.2, -0.15) is 0 Å². The Hall–Kier alpha value is -2.95. The Balaban J connectivity index is 1.66. The highest BCUT2D eigenvalue weighted by molar-refractivity contribution is 5.93. The van der Waals surface area contributed by atoms with E-state index in [1.807, 2.05) is 43.3 Å². The molecule has 2 aromatic rings. The molecule has 4 rings (SSSR count). The number of nitrogens with zero attached hydrogens (tertiary/aromatic N) is 1. The maximum absolute atomic E-state index is 12.4. The molecule has 2 aromatic carbocycles. The number of hydrogen-bond donors (Lipinski definition) is 0. The SMILES string of the molecule is COC(=O)N1c2ccc(C)cc2C=CC1Cc1ccc2c(c1)OCO2. The predicted molar refractivity (Wildman–Crippen MR) is 95.2 cm³/mol. The predicted octanol–water partition coefficient (Wildman–Crippen LogP) is 3.93. The molecular weight excluding hydrogens is 318 g/mol. The fourth-order valence-corrected chi connectivity index (χ4v) is 3.31. The molecule has 0 bridgehead atoms. The first-order valence-corrected chi connectivity index (χ1v) is 8.20. The van der Waals surface area contributed by atoms with Crippen LogP contribution in [0, 0.1) is 6.92 Å². The van der Waals surface area contributed by atoms with Crippen molar-refractivity contribution in [3.05, 3.63) is 59.2 Å². The monoisotopic (exact) mass is 337 g/mol. The van der Waals surface area contributed by atoms with E-state index >= 15 is 0 Å². The van der Waals surface area contributed by atoms with E-state index in [2.05, 4.69) is 12.1 Å². The zero-order chi connectivity index (χ0) is 17.4. The maximum atomic E-state index is 12.4. The molecular formula is C20H19NO4. The van der Waals surface area contributed by atoms with E-state index in [-0.39, 0.29) is 18.9 Å². The molecule has 2 aliphatic rings. The van der Waals surface area contributed by atoms with E-state index < -0.39 is 0 Å². The molecule has 25 heavy (non-hydrogen) atoms. The molecule has 1 atom stereocenters. The van der Waals surface area contributed by atoms with E-state index in [4.69, 9.17) is 14.2 Å². The van der Waals surface area contributed by atoms with Crippen molar-refractivity contribution in [2.75, 3.05) is 18.8 Å². The van der Waals surface area contributed by atoms with E-state index in [9.17, 15) is 4.79 Å². The zero-order valence-electron chi connectivity index (χ0n) is 14.2. The minimum Gasteiger partial charge on any atom is -0.454 e. The lowest BCUT2D eigenvalue weighted by Gasteiger charge is -2.33. The second-order valence-corrected chi connectivity index (χ2v) is 6.22. The summed E-state index contributed by atoms with van der Waals surface area (Å²) < 4.78 is 15.8. The summed E-state index contributed by atoms with van der Waals surface area (Å²) in [5.74, 6) is 1.51. The molecule has 5 nitrogen and oxygen atoms in total. The maximum Gasteiger partial charge on any atom is 0.414 e. The van der Waals surface area contributed by atoms with Gasteiger partial charge in [-0.05, 0) is 48.7 Å². The van der Waals surface area contributed by atoms with Gasteiger partial charge in [0.15, 0.2) is 11.5 Å². The molecule has 2 heterocycles. The van der Waals surface area contributed by atoms with Crippen molar-refractivity contribution >= 4 is 17.9 Å². The van der Waals surface area contributed by atoms with Gasteiger partial charge in [-0.3, -0.25) is 4.90 Å². The Kier molecular flexibility index (Phi) is 3.84. The number of hydrogen-bond acceptors (Lipinski definition) is 4. The fourth-order valence-electron chi connectivity index (χ4n) is 3.31. The summed E-state index contributed by atoms with van der Waals surface area (Å²) in [5, 5.41) is 0. The summed E-state index contributed by atoms with van der Waals surface area (Å²) in [6.07, 6.45) is 4.42. The van der Waals surface area contributed by atoms with Gasteiger partial charge in [-0.15, -0.1) is 0 Å². The summed E-state index contributed by atoms with van der Waals surface area (Å²) in [6, 6.07) is 11.8. The third kappa shape index (κ3) is 2.82. The Morgan fingerprint density at radius 1 is 1.20 bits per heavy atom. The number of aryl methyl sites for hydroxylation is 1. The van der Waals surface area contributed by atoms with Crippen molar-refractivity contribution in [1.29, 1.82) is 0 Å². The van der Waals surface area contributed by atoms with Gasteiger partial charge in [-0.1, -0.05) is 29.8 Å². The summed E-state index contributed by atoms with van der Waals surface area (Å²) in [4.78, 5) is 14.1. The first-order chi connectivity index (χ1) is 12.2. The molecule has 0 spiro atoms. The van der Waals surface area contributed by atoms with Crippen LogP contribution in [-0.2, 0) is 11.2 Å². The minimum atomic E-state index is -0.361. The van der Waals surface area contributed by atoms with Gasteiger partial charge in [0.25, 0.3) is 0 Å². The zero-order valence-corrected chi connectivity index (χ0v) is 14.2. The normalized spacial score (nSPS) is 17.4. The van der Waals surface area contributed by atoms with Crippen molar-refractivity contribution in [2.45, 2.75) is 19.4 Å². The van der Waals surface area contributed by atoms with Crippen LogP contribution in [0.15, 0.2) is 42.5 Å². The van der Waals surface area contributed by atoms with Crippen LogP contribution in [0.4, 0.5) is 10.5 Å². The van der Waals surface area contributed by atoms with Crippen LogP contribution < -0.4 is 14.4 Å². The summed E-state index contributed by atoms with van der Waals surface area (Å²) in [6.45, 7) is 2.29. The Morgan fingerprint density at radius 3 is 2.88 bits per heavy atom. The average Bonchev–Trinajstić information content (AvgIpc) is 3.08. The number of fused-ring (bicyclic) bond motifs is 2. The van der Waals surface area contributed by atoms with Gasteiger partial charge in [-0.25, -0.2) is 4.79 Å². The Labute approximate surface area is 146 Å². The van der Waals surface area contributed by atoms with Gasteiger partial charge in [0.2, 0.25) is 6.79 Å². The molecule has 0 radical (unpaired) electrons. The van der Waals surface area contributed by atoms with Crippen LogP contribution in [0.5, 0.6) is 11.5 Å².